The molecule has 1 atom stereocenters. The summed E-state index contributed by atoms with van der Waals surface area (Å²) in [5, 5.41) is 3.28. The summed E-state index contributed by atoms with van der Waals surface area (Å²) in [6.07, 6.45) is 1.48. The van der Waals surface area contributed by atoms with E-state index in [9.17, 15) is 4.79 Å². The van der Waals surface area contributed by atoms with Crippen LogP contribution >= 0.6 is 11.6 Å². The van der Waals surface area contributed by atoms with Gasteiger partial charge in [-0.05, 0) is 23.6 Å². The van der Waals surface area contributed by atoms with Gasteiger partial charge in [0, 0.05) is 12.7 Å². The largest absolute Gasteiger partial charge is 0.351 e. The Morgan fingerprint density at radius 1 is 1.26 bits per heavy atom. The van der Waals surface area contributed by atoms with E-state index >= 15 is 0 Å². The first-order chi connectivity index (χ1) is 9.16. The number of pyridine rings is 1. The second kappa shape index (κ2) is 6.34. The third-order valence-corrected chi connectivity index (χ3v) is 3.15. The minimum Gasteiger partial charge on any atom is -0.351 e. The monoisotopic (exact) mass is 274 g/mol. The summed E-state index contributed by atoms with van der Waals surface area (Å²) in [6.45, 7) is 2.67. The summed E-state index contributed by atoms with van der Waals surface area (Å²) < 4.78 is 0. The van der Waals surface area contributed by atoms with E-state index in [0.717, 1.165) is 0 Å². The van der Waals surface area contributed by atoms with Gasteiger partial charge >= 0.3 is 0 Å². The van der Waals surface area contributed by atoms with Crippen LogP contribution in [-0.2, 0) is 0 Å². The van der Waals surface area contributed by atoms with Gasteiger partial charge in [-0.15, -0.1) is 0 Å². The zero-order chi connectivity index (χ0) is 13.7. The SMILES string of the molecule is C[C@@H](CNC(=O)c1ccc(Cl)nc1)c1ccccc1. The summed E-state index contributed by atoms with van der Waals surface area (Å²) >= 11 is 5.68. The number of hydrogen-bond donors (Lipinski definition) is 1. The second-order valence-corrected chi connectivity index (χ2v) is 4.78. The molecule has 2 rings (SSSR count). The number of halogens is 1. The zero-order valence-electron chi connectivity index (χ0n) is 10.6. The molecule has 0 aliphatic rings. The highest BCUT2D eigenvalue weighted by molar-refractivity contribution is 6.29. The van der Waals surface area contributed by atoms with Crippen LogP contribution in [0.5, 0.6) is 0 Å². The number of benzene rings is 1. The molecule has 98 valence electrons. The lowest BCUT2D eigenvalue weighted by molar-refractivity contribution is 0.0951. The maximum Gasteiger partial charge on any atom is 0.252 e. The van der Waals surface area contributed by atoms with Crippen molar-refractivity contribution in [2.45, 2.75) is 12.8 Å². The van der Waals surface area contributed by atoms with Crippen LogP contribution in [0, 0.1) is 0 Å². The summed E-state index contributed by atoms with van der Waals surface area (Å²) in [6, 6.07) is 13.4. The van der Waals surface area contributed by atoms with Crippen molar-refractivity contribution in [3.63, 3.8) is 0 Å². The van der Waals surface area contributed by atoms with Crippen molar-refractivity contribution < 1.29 is 4.79 Å². The number of rotatable bonds is 4. The standard InChI is InChI=1S/C15H15ClN2O/c1-11(12-5-3-2-4-6-12)9-18-15(19)13-7-8-14(16)17-10-13/h2-8,10-11H,9H2,1H3,(H,18,19)/t11-/m0/s1. The van der Waals surface area contributed by atoms with E-state index in [1.807, 2.05) is 18.2 Å². The molecule has 0 radical (unpaired) electrons. The highest BCUT2D eigenvalue weighted by Crippen LogP contribution is 2.13. The molecule has 0 aliphatic heterocycles. The average molecular weight is 275 g/mol. The lowest BCUT2D eigenvalue weighted by Gasteiger charge is -2.12. The maximum absolute atomic E-state index is 11.9. The first-order valence-corrected chi connectivity index (χ1v) is 6.49. The van der Waals surface area contributed by atoms with Gasteiger partial charge in [-0.1, -0.05) is 48.9 Å². The highest BCUT2D eigenvalue weighted by Gasteiger charge is 2.09. The number of nitrogens with zero attached hydrogens (tertiary/aromatic N) is 1. The van der Waals surface area contributed by atoms with Gasteiger partial charge in [-0.2, -0.15) is 0 Å². The number of carbonyl (C=O) groups is 1. The maximum atomic E-state index is 11.9. The van der Waals surface area contributed by atoms with Crippen LogP contribution in [0.2, 0.25) is 5.15 Å². The minimum absolute atomic E-state index is 0.132. The van der Waals surface area contributed by atoms with Gasteiger partial charge in [0.05, 0.1) is 5.56 Å². The van der Waals surface area contributed by atoms with Gasteiger partial charge in [-0.25, -0.2) is 4.98 Å². The third kappa shape index (κ3) is 3.80. The molecule has 4 heteroatoms. The van der Waals surface area contributed by atoms with E-state index in [1.54, 1.807) is 12.1 Å². The smallest absolute Gasteiger partial charge is 0.252 e. The molecular weight excluding hydrogens is 260 g/mol. The van der Waals surface area contributed by atoms with Crippen LogP contribution in [0.3, 0.4) is 0 Å². The molecule has 0 fully saturated rings. The highest BCUT2D eigenvalue weighted by atomic mass is 35.5. The molecule has 1 amide bonds. The van der Waals surface area contributed by atoms with Crippen molar-refractivity contribution in [2.75, 3.05) is 6.54 Å². The molecule has 1 N–H and O–H groups in total. The van der Waals surface area contributed by atoms with Crippen molar-refractivity contribution in [1.29, 1.82) is 0 Å². The van der Waals surface area contributed by atoms with Crippen molar-refractivity contribution in [1.82, 2.24) is 10.3 Å². The molecule has 1 aromatic heterocycles. The first kappa shape index (κ1) is 13.6. The molecule has 0 saturated carbocycles. The Kier molecular flexibility index (Phi) is 4.53. The molecule has 0 unspecified atom stereocenters. The van der Waals surface area contributed by atoms with E-state index in [2.05, 4.69) is 29.4 Å². The van der Waals surface area contributed by atoms with Crippen LogP contribution in [0.4, 0.5) is 0 Å². The van der Waals surface area contributed by atoms with Crippen molar-refractivity contribution >= 4 is 17.5 Å². The quantitative estimate of drug-likeness (QED) is 0.870. The Morgan fingerprint density at radius 2 is 2.00 bits per heavy atom. The van der Waals surface area contributed by atoms with Crippen LogP contribution in [0.15, 0.2) is 48.7 Å². The molecule has 2 aromatic rings. The summed E-state index contributed by atoms with van der Waals surface area (Å²) in [5.74, 6) is 0.136. The zero-order valence-corrected chi connectivity index (χ0v) is 11.4. The Bertz CT molecular complexity index is 540. The van der Waals surface area contributed by atoms with E-state index < -0.39 is 0 Å². The fourth-order valence-corrected chi connectivity index (χ4v) is 1.87. The van der Waals surface area contributed by atoms with Gasteiger partial charge < -0.3 is 5.32 Å². The van der Waals surface area contributed by atoms with Crippen LogP contribution in [0.25, 0.3) is 0 Å². The molecule has 19 heavy (non-hydrogen) atoms. The molecule has 0 aliphatic carbocycles. The lowest BCUT2D eigenvalue weighted by Crippen LogP contribution is -2.27. The van der Waals surface area contributed by atoms with Crippen molar-refractivity contribution in [2.24, 2.45) is 0 Å². The molecule has 3 nitrogen and oxygen atoms in total. The fourth-order valence-electron chi connectivity index (χ4n) is 1.76. The number of amides is 1. The fraction of sp³-hybridized carbons (Fsp3) is 0.200. The molecule has 0 saturated heterocycles. The topological polar surface area (TPSA) is 42.0 Å². The predicted molar refractivity (Wildman–Crippen MR) is 76.4 cm³/mol. The van der Waals surface area contributed by atoms with Gasteiger partial charge in [0.25, 0.3) is 5.91 Å². The molecule has 0 bridgehead atoms. The second-order valence-electron chi connectivity index (χ2n) is 4.39. The third-order valence-electron chi connectivity index (χ3n) is 2.93. The number of hydrogen-bond acceptors (Lipinski definition) is 2. The minimum atomic E-state index is -0.132. The normalized spacial score (nSPS) is 11.9. The van der Waals surface area contributed by atoms with Crippen molar-refractivity contribution in [3.05, 3.63) is 64.9 Å². The van der Waals surface area contributed by atoms with E-state index in [1.165, 1.54) is 11.8 Å². The van der Waals surface area contributed by atoms with Gasteiger partial charge in [0.15, 0.2) is 0 Å². The van der Waals surface area contributed by atoms with Gasteiger partial charge in [0.2, 0.25) is 0 Å². The van der Waals surface area contributed by atoms with Crippen LogP contribution < -0.4 is 5.32 Å². The van der Waals surface area contributed by atoms with Crippen LogP contribution in [-0.4, -0.2) is 17.4 Å². The molecule has 0 spiro atoms. The Balaban J connectivity index is 1.92. The molecule has 1 aromatic carbocycles. The first-order valence-electron chi connectivity index (χ1n) is 6.11. The predicted octanol–water partition coefficient (Wildman–Crippen LogP) is 3.27. The summed E-state index contributed by atoms with van der Waals surface area (Å²) in [5.41, 5.74) is 1.72. The van der Waals surface area contributed by atoms with Crippen LogP contribution in [0.1, 0.15) is 28.8 Å². The van der Waals surface area contributed by atoms with E-state index in [-0.39, 0.29) is 11.8 Å². The summed E-state index contributed by atoms with van der Waals surface area (Å²) in [4.78, 5) is 15.8. The Hall–Kier alpha value is -1.87. The van der Waals surface area contributed by atoms with Crippen molar-refractivity contribution in [3.8, 4) is 0 Å². The Morgan fingerprint density at radius 3 is 2.63 bits per heavy atom. The van der Waals surface area contributed by atoms with E-state index in [0.29, 0.717) is 17.3 Å². The number of carbonyl (C=O) groups excluding carboxylic acids is 1. The Labute approximate surface area is 117 Å². The lowest BCUT2D eigenvalue weighted by atomic mass is 10.0. The molecular formula is C15H15ClN2O. The summed E-state index contributed by atoms with van der Waals surface area (Å²) in [7, 11) is 0. The van der Waals surface area contributed by atoms with E-state index in [4.69, 9.17) is 11.6 Å². The molecule has 1 heterocycles. The van der Waals surface area contributed by atoms with Gasteiger partial charge in [-0.3, -0.25) is 4.79 Å². The average Bonchev–Trinajstić information content (AvgIpc) is 2.46. The number of aromatic nitrogens is 1. The number of nitrogens with one attached hydrogen (secondary N) is 1. The van der Waals surface area contributed by atoms with Gasteiger partial charge in [0.1, 0.15) is 5.15 Å².